The Morgan fingerprint density at radius 2 is 1.84 bits per heavy atom. The van der Waals surface area contributed by atoms with Gasteiger partial charge in [0.05, 0.1) is 5.56 Å². The number of rotatable bonds is 4. The van der Waals surface area contributed by atoms with Crippen molar-refractivity contribution in [2.75, 3.05) is 0 Å². The second-order valence-electron chi connectivity index (χ2n) is 4.37. The first-order chi connectivity index (χ1) is 9.02. The molecule has 0 fully saturated rings. The molecule has 0 saturated carbocycles. The first kappa shape index (κ1) is 13.9. The summed E-state index contributed by atoms with van der Waals surface area (Å²) in [7, 11) is 0. The largest absolute Gasteiger partial charge is 0.294 e. The Hall–Kier alpha value is -1.55. The molecule has 100 valence electrons. The quantitative estimate of drug-likeness (QED) is 0.762. The third-order valence-corrected chi connectivity index (χ3v) is 4.19. The topological polar surface area (TPSA) is 17.1 Å². The average Bonchev–Trinajstić information content (AvgIpc) is 2.82. The smallest absolute Gasteiger partial charge is 0.173 e. The van der Waals surface area contributed by atoms with Gasteiger partial charge >= 0.3 is 0 Å². The second kappa shape index (κ2) is 5.61. The van der Waals surface area contributed by atoms with Crippen LogP contribution in [0.2, 0.25) is 0 Å². The predicted octanol–water partition coefficient (Wildman–Crippen LogP) is 4.32. The highest BCUT2D eigenvalue weighted by molar-refractivity contribution is 7.12. The van der Waals surface area contributed by atoms with Crippen molar-refractivity contribution in [3.05, 3.63) is 56.8 Å². The number of ketones is 1. The van der Waals surface area contributed by atoms with Gasteiger partial charge in [0.1, 0.15) is 11.6 Å². The van der Waals surface area contributed by atoms with Crippen molar-refractivity contribution in [1.29, 1.82) is 0 Å². The van der Waals surface area contributed by atoms with Gasteiger partial charge < -0.3 is 0 Å². The molecule has 0 unspecified atom stereocenters. The molecule has 0 aliphatic carbocycles. The lowest BCUT2D eigenvalue weighted by Crippen LogP contribution is -2.09. The van der Waals surface area contributed by atoms with Gasteiger partial charge in [-0.1, -0.05) is 13.0 Å². The number of hydrogen-bond acceptors (Lipinski definition) is 2. The first-order valence-electron chi connectivity index (χ1n) is 6.08. The molecule has 0 aliphatic heterocycles. The number of Topliss-reactive ketones (excluding diaryl/α,β-unsaturated/α-hetero) is 1. The molecule has 0 bridgehead atoms. The van der Waals surface area contributed by atoms with Gasteiger partial charge in [-0.25, -0.2) is 8.78 Å². The van der Waals surface area contributed by atoms with Crippen LogP contribution in [0.15, 0.2) is 24.3 Å². The standard InChI is InChI=1S/C15H14F2OS/c1-3-10-5-6-11(19-10)8-13(18)14-12(16)7-4-9(2)15(14)17/h4-7H,3,8H2,1-2H3. The summed E-state index contributed by atoms with van der Waals surface area (Å²) in [5.41, 5.74) is -0.142. The molecule has 1 aromatic heterocycles. The van der Waals surface area contributed by atoms with Crippen molar-refractivity contribution in [2.45, 2.75) is 26.7 Å². The van der Waals surface area contributed by atoms with E-state index < -0.39 is 23.0 Å². The SMILES string of the molecule is CCc1ccc(CC(=O)c2c(F)ccc(C)c2F)s1. The van der Waals surface area contributed by atoms with Crippen LogP contribution in [0.3, 0.4) is 0 Å². The number of carbonyl (C=O) groups excluding carboxylic acids is 1. The summed E-state index contributed by atoms with van der Waals surface area (Å²) in [4.78, 5) is 14.0. The van der Waals surface area contributed by atoms with Crippen molar-refractivity contribution in [3.8, 4) is 0 Å². The van der Waals surface area contributed by atoms with Crippen LogP contribution in [0.1, 0.15) is 32.6 Å². The number of carbonyl (C=O) groups is 1. The van der Waals surface area contributed by atoms with E-state index in [0.717, 1.165) is 22.2 Å². The van der Waals surface area contributed by atoms with Crippen molar-refractivity contribution in [2.24, 2.45) is 0 Å². The van der Waals surface area contributed by atoms with Crippen LogP contribution in [0.4, 0.5) is 8.78 Å². The summed E-state index contributed by atoms with van der Waals surface area (Å²) in [5, 5.41) is 0. The molecule has 0 amide bonds. The molecule has 1 aromatic carbocycles. The van der Waals surface area contributed by atoms with Gasteiger partial charge in [-0.15, -0.1) is 11.3 Å². The van der Waals surface area contributed by atoms with Crippen LogP contribution in [-0.4, -0.2) is 5.78 Å². The van der Waals surface area contributed by atoms with Gasteiger partial charge in [0, 0.05) is 16.2 Å². The number of hydrogen-bond donors (Lipinski definition) is 0. The fourth-order valence-corrected chi connectivity index (χ4v) is 2.82. The highest BCUT2D eigenvalue weighted by atomic mass is 32.1. The molecule has 0 N–H and O–H groups in total. The van der Waals surface area contributed by atoms with E-state index >= 15 is 0 Å². The van der Waals surface area contributed by atoms with E-state index in [2.05, 4.69) is 0 Å². The predicted molar refractivity (Wildman–Crippen MR) is 72.8 cm³/mol. The summed E-state index contributed by atoms with van der Waals surface area (Å²) in [5.74, 6) is -2.05. The molecular weight excluding hydrogens is 266 g/mol. The zero-order valence-electron chi connectivity index (χ0n) is 10.8. The van der Waals surface area contributed by atoms with Crippen molar-refractivity contribution >= 4 is 17.1 Å². The summed E-state index contributed by atoms with van der Waals surface area (Å²) in [6.45, 7) is 3.54. The highest BCUT2D eigenvalue weighted by Gasteiger charge is 2.19. The molecular formula is C15H14F2OS. The third-order valence-electron chi connectivity index (χ3n) is 2.96. The van der Waals surface area contributed by atoms with Crippen molar-refractivity contribution in [3.63, 3.8) is 0 Å². The van der Waals surface area contributed by atoms with E-state index in [9.17, 15) is 13.6 Å². The fraction of sp³-hybridized carbons (Fsp3) is 0.267. The van der Waals surface area contributed by atoms with Crippen LogP contribution in [0.5, 0.6) is 0 Å². The van der Waals surface area contributed by atoms with Gasteiger partial charge in [0.15, 0.2) is 5.78 Å². The van der Waals surface area contributed by atoms with Gasteiger partial charge in [-0.2, -0.15) is 0 Å². The minimum Gasteiger partial charge on any atom is -0.294 e. The van der Waals surface area contributed by atoms with Gasteiger partial charge in [-0.3, -0.25) is 4.79 Å². The highest BCUT2D eigenvalue weighted by Crippen LogP contribution is 2.22. The van der Waals surface area contributed by atoms with Crippen LogP contribution in [0.25, 0.3) is 0 Å². The molecule has 0 aliphatic rings. The zero-order chi connectivity index (χ0) is 14.0. The summed E-state index contributed by atoms with van der Waals surface area (Å²) in [6.07, 6.45) is 0.938. The maximum Gasteiger partial charge on any atom is 0.173 e. The van der Waals surface area contributed by atoms with E-state index in [1.165, 1.54) is 24.3 Å². The fourth-order valence-electron chi connectivity index (χ4n) is 1.87. The van der Waals surface area contributed by atoms with E-state index in [0.29, 0.717) is 0 Å². The zero-order valence-corrected chi connectivity index (χ0v) is 11.6. The molecule has 0 saturated heterocycles. The minimum atomic E-state index is -0.791. The Kier molecular flexibility index (Phi) is 4.10. The van der Waals surface area contributed by atoms with Gasteiger partial charge in [0.25, 0.3) is 0 Å². The summed E-state index contributed by atoms with van der Waals surface area (Å²) >= 11 is 1.51. The Morgan fingerprint density at radius 1 is 1.16 bits per heavy atom. The number of thiophene rings is 1. The molecule has 1 heterocycles. The lowest BCUT2D eigenvalue weighted by atomic mass is 10.0. The van der Waals surface area contributed by atoms with E-state index in [4.69, 9.17) is 0 Å². The van der Waals surface area contributed by atoms with Crippen LogP contribution < -0.4 is 0 Å². The summed E-state index contributed by atoms with van der Waals surface area (Å²) < 4.78 is 27.4. The van der Waals surface area contributed by atoms with Gasteiger partial charge in [-0.05, 0) is 37.1 Å². The van der Waals surface area contributed by atoms with E-state index in [-0.39, 0.29) is 12.0 Å². The second-order valence-corrected chi connectivity index (χ2v) is 5.63. The van der Waals surface area contributed by atoms with E-state index in [1.54, 1.807) is 0 Å². The maximum absolute atomic E-state index is 13.8. The Morgan fingerprint density at radius 3 is 2.47 bits per heavy atom. The van der Waals surface area contributed by atoms with Crippen molar-refractivity contribution < 1.29 is 13.6 Å². The Labute approximate surface area is 114 Å². The number of aryl methyl sites for hydroxylation is 2. The molecule has 19 heavy (non-hydrogen) atoms. The molecule has 0 radical (unpaired) electrons. The monoisotopic (exact) mass is 280 g/mol. The first-order valence-corrected chi connectivity index (χ1v) is 6.90. The lowest BCUT2D eigenvalue weighted by molar-refractivity contribution is 0.0985. The normalized spacial score (nSPS) is 10.7. The molecule has 1 nitrogen and oxygen atoms in total. The molecule has 2 aromatic rings. The van der Waals surface area contributed by atoms with Crippen LogP contribution in [-0.2, 0) is 12.8 Å². The lowest BCUT2D eigenvalue weighted by Gasteiger charge is -2.05. The average molecular weight is 280 g/mol. The number of halogens is 2. The molecule has 0 atom stereocenters. The van der Waals surface area contributed by atoms with E-state index in [1.807, 2.05) is 19.1 Å². The van der Waals surface area contributed by atoms with Crippen LogP contribution >= 0.6 is 11.3 Å². The third kappa shape index (κ3) is 2.89. The Bertz CT molecular complexity index is 617. The molecule has 4 heteroatoms. The maximum atomic E-state index is 13.8. The Balaban J connectivity index is 2.27. The molecule has 0 spiro atoms. The molecule has 2 rings (SSSR count). The van der Waals surface area contributed by atoms with Crippen molar-refractivity contribution in [1.82, 2.24) is 0 Å². The minimum absolute atomic E-state index is 0.0436. The van der Waals surface area contributed by atoms with Crippen LogP contribution in [0, 0.1) is 18.6 Å². The summed E-state index contributed by atoms with van der Waals surface area (Å²) in [6, 6.07) is 6.25. The van der Waals surface area contributed by atoms with Gasteiger partial charge in [0.2, 0.25) is 0 Å². The number of benzene rings is 1.